The Bertz CT molecular complexity index is 838. The third-order valence-electron chi connectivity index (χ3n) is 4.23. The number of nitrogens with two attached hydrogens (primary N) is 1. The molecule has 0 unspecified atom stereocenters. The highest BCUT2D eigenvalue weighted by Gasteiger charge is 2.16. The van der Waals surface area contributed by atoms with Crippen molar-refractivity contribution in [3.8, 4) is 17.2 Å². The van der Waals surface area contributed by atoms with Crippen LogP contribution in [0.3, 0.4) is 0 Å². The van der Waals surface area contributed by atoms with Crippen LogP contribution in [0.5, 0.6) is 17.2 Å². The van der Waals surface area contributed by atoms with E-state index >= 15 is 0 Å². The number of amides is 2. The van der Waals surface area contributed by atoms with E-state index in [1.54, 1.807) is 42.3 Å². The molecule has 28 heavy (non-hydrogen) atoms. The van der Waals surface area contributed by atoms with Gasteiger partial charge in [0.2, 0.25) is 11.8 Å². The van der Waals surface area contributed by atoms with Gasteiger partial charge in [0.1, 0.15) is 19.0 Å². The first kappa shape index (κ1) is 19.3. The molecular formula is C20H23N3O5. The highest BCUT2D eigenvalue weighted by molar-refractivity contribution is 5.94. The molecule has 1 aliphatic heterocycles. The van der Waals surface area contributed by atoms with Gasteiger partial charge in [-0.15, -0.1) is 0 Å². The van der Waals surface area contributed by atoms with Crippen molar-refractivity contribution in [2.24, 2.45) is 5.73 Å². The number of fused-ring (bicyclic) bond motifs is 1. The van der Waals surface area contributed by atoms with Gasteiger partial charge in [0.25, 0.3) is 0 Å². The Morgan fingerprint density at radius 3 is 2.50 bits per heavy atom. The van der Waals surface area contributed by atoms with E-state index in [4.69, 9.17) is 19.9 Å². The van der Waals surface area contributed by atoms with Crippen molar-refractivity contribution >= 4 is 23.2 Å². The van der Waals surface area contributed by atoms with Crippen LogP contribution in [0.2, 0.25) is 0 Å². The van der Waals surface area contributed by atoms with Gasteiger partial charge in [-0.1, -0.05) is 0 Å². The van der Waals surface area contributed by atoms with Gasteiger partial charge in [0, 0.05) is 30.4 Å². The molecule has 3 rings (SSSR count). The Hall–Kier alpha value is -3.42. The number of carbonyl (C=O) groups excluding carboxylic acids is 2. The first-order valence-electron chi connectivity index (χ1n) is 8.92. The molecule has 0 saturated heterocycles. The van der Waals surface area contributed by atoms with Crippen molar-refractivity contribution in [1.82, 2.24) is 0 Å². The van der Waals surface area contributed by atoms with Crippen LogP contribution in [0.1, 0.15) is 6.42 Å². The summed E-state index contributed by atoms with van der Waals surface area (Å²) in [5, 5.41) is 2.85. The lowest BCUT2D eigenvalue weighted by Gasteiger charge is -2.24. The maximum atomic E-state index is 12.6. The molecule has 148 valence electrons. The summed E-state index contributed by atoms with van der Waals surface area (Å²) in [6.07, 6.45) is 0.142. The van der Waals surface area contributed by atoms with Crippen LogP contribution in [0.4, 0.5) is 11.4 Å². The predicted molar refractivity (Wildman–Crippen MR) is 105 cm³/mol. The minimum Gasteiger partial charge on any atom is -0.497 e. The van der Waals surface area contributed by atoms with Crippen LogP contribution in [0.15, 0.2) is 42.5 Å². The lowest BCUT2D eigenvalue weighted by atomic mass is 10.2. The number of ether oxygens (including phenoxy) is 3. The van der Waals surface area contributed by atoms with Gasteiger partial charge in [-0.3, -0.25) is 9.59 Å². The number of benzene rings is 2. The smallest absolute Gasteiger partial charge is 0.243 e. The standard InChI is InChI=1S/C20H23N3O5/c1-26-16-5-3-15(4-6-16)23(9-8-19(21)24)13-20(25)22-14-2-7-17-18(12-14)28-11-10-27-17/h2-7,12H,8-11,13H2,1H3,(H2,21,24)(H,22,25). The largest absolute Gasteiger partial charge is 0.497 e. The molecule has 0 atom stereocenters. The second-order valence-electron chi connectivity index (χ2n) is 6.24. The number of carbonyl (C=O) groups is 2. The topological polar surface area (TPSA) is 103 Å². The van der Waals surface area contributed by atoms with Crippen LogP contribution in [-0.4, -0.2) is 45.2 Å². The number of nitrogens with one attached hydrogen (secondary N) is 1. The fourth-order valence-electron chi connectivity index (χ4n) is 2.83. The van der Waals surface area contributed by atoms with Crippen LogP contribution in [0, 0.1) is 0 Å². The molecule has 2 aromatic carbocycles. The van der Waals surface area contributed by atoms with E-state index < -0.39 is 5.91 Å². The molecule has 0 aliphatic carbocycles. The third kappa shape index (κ3) is 5.06. The normalized spacial score (nSPS) is 12.2. The van der Waals surface area contributed by atoms with Crippen LogP contribution < -0.4 is 30.2 Å². The summed E-state index contributed by atoms with van der Waals surface area (Å²) in [4.78, 5) is 25.6. The highest BCUT2D eigenvalue weighted by Crippen LogP contribution is 2.32. The first-order chi connectivity index (χ1) is 13.5. The van der Waals surface area contributed by atoms with E-state index in [0.29, 0.717) is 42.7 Å². The van der Waals surface area contributed by atoms with Crippen molar-refractivity contribution in [3.63, 3.8) is 0 Å². The Morgan fingerprint density at radius 1 is 1.11 bits per heavy atom. The number of methoxy groups -OCH3 is 1. The molecular weight excluding hydrogens is 362 g/mol. The average molecular weight is 385 g/mol. The molecule has 0 saturated carbocycles. The van der Waals surface area contributed by atoms with Crippen molar-refractivity contribution in [1.29, 1.82) is 0 Å². The van der Waals surface area contributed by atoms with Crippen LogP contribution >= 0.6 is 0 Å². The molecule has 0 bridgehead atoms. The molecule has 8 heteroatoms. The summed E-state index contributed by atoms with van der Waals surface area (Å²) < 4.78 is 16.2. The molecule has 8 nitrogen and oxygen atoms in total. The molecule has 0 radical (unpaired) electrons. The van der Waals surface area contributed by atoms with E-state index in [1.165, 1.54) is 0 Å². The number of rotatable bonds is 8. The van der Waals surface area contributed by atoms with Gasteiger partial charge in [0.05, 0.1) is 13.7 Å². The van der Waals surface area contributed by atoms with Crippen molar-refractivity contribution < 1.29 is 23.8 Å². The molecule has 0 spiro atoms. The molecule has 2 aromatic rings. The number of nitrogens with zero attached hydrogens (tertiary/aromatic N) is 1. The minimum atomic E-state index is -0.425. The van der Waals surface area contributed by atoms with Gasteiger partial charge in [-0.2, -0.15) is 0 Å². The summed E-state index contributed by atoms with van der Waals surface area (Å²) in [6.45, 7) is 1.38. The maximum Gasteiger partial charge on any atom is 0.243 e. The third-order valence-corrected chi connectivity index (χ3v) is 4.23. The summed E-state index contributed by atoms with van der Waals surface area (Å²) in [7, 11) is 1.58. The monoisotopic (exact) mass is 385 g/mol. The molecule has 0 aromatic heterocycles. The summed E-state index contributed by atoms with van der Waals surface area (Å²) in [5.41, 5.74) is 6.67. The number of primary amides is 1. The van der Waals surface area contributed by atoms with Gasteiger partial charge in [0.15, 0.2) is 11.5 Å². The lowest BCUT2D eigenvalue weighted by Crippen LogP contribution is -2.35. The quantitative estimate of drug-likeness (QED) is 0.718. The Morgan fingerprint density at radius 2 is 1.82 bits per heavy atom. The van der Waals surface area contributed by atoms with Gasteiger partial charge in [-0.25, -0.2) is 0 Å². The van der Waals surface area contributed by atoms with Crippen LogP contribution in [-0.2, 0) is 9.59 Å². The molecule has 2 amide bonds. The van der Waals surface area contributed by atoms with E-state index in [0.717, 1.165) is 5.69 Å². The summed E-state index contributed by atoms with van der Waals surface area (Å²) in [6, 6.07) is 12.5. The number of hydrogen-bond donors (Lipinski definition) is 2. The summed E-state index contributed by atoms with van der Waals surface area (Å²) >= 11 is 0. The zero-order chi connectivity index (χ0) is 19.9. The highest BCUT2D eigenvalue weighted by atomic mass is 16.6. The Balaban J connectivity index is 1.68. The van der Waals surface area contributed by atoms with Crippen molar-refractivity contribution in [3.05, 3.63) is 42.5 Å². The molecule has 1 aliphatic rings. The van der Waals surface area contributed by atoms with E-state index in [9.17, 15) is 9.59 Å². The predicted octanol–water partition coefficient (Wildman–Crippen LogP) is 1.79. The molecule has 3 N–H and O–H groups in total. The van der Waals surface area contributed by atoms with Gasteiger partial charge in [-0.05, 0) is 36.4 Å². The summed E-state index contributed by atoms with van der Waals surface area (Å²) in [5.74, 6) is 1.32. The number of anilines is 2. The minimum absolute atomic E-state index is 0.0635. The fourth-order valence-corrected chi connectivity index (χ4v) is 2.83. The Kier molecular flexibility index (Phi) is 6.21. The average Bonchev–Trinajstić information content (AvgIpc) is 2.71. The van der Waals surface area contributed by atoms with Crippen molar-refractivity contribution in [2.45, 2.75) is 6.42 Å². The van der Waals surface area contributed by atoms with E-state index in [2.05, 4.69) is 5.32 Å². The van der Waals surface area contributed by atoms with Crippen LogP contribution in [0.25, 0.3) is 0 Å². The zero-order valence-corrected chi connectivity index (χ0v) is 15.6. The second-order valence-corrected chi connectivity index (χ2v) is 6.24. The SMILES string of the molecule is COc1ccc(N(CCC(N)=O)CC(=O)Nc2ccc3c(c2)OCCO3)cc1. The van der Waals surface area contributed by atoms with E-state index in [-0.39, 0.29) is 18.9 Å². The zero-order valence-electron chi connectivity index (χ0n) is 15.6. The maximum absolute atomic E-state index is 12.6. The van der Waals surface area contributed by atoms with Gasteiger partial charge < -0.3 is 30.2 Å². The van der Waals surface area contributed by atoms with Crippen molar-refractivity contribution in [2.75, 3.05) is 43.6 Å². The molecule has 0 fully saturated rings. The number of hydrogen-bond acceptors (Lipinski definition) is 6. The Labute approximate surface area is 163 Å². The lowest BCUT2D eigenvalue weighted by molar-refractivity contribution is -0.118. The first-order valence-corrected chi connectivity index (χ1v) is 8.92. The van der Waals surface area contributed by atoms with E-state index in [1.807, 2.05) is 12.1 Å². The molecule has 1 heterocycles. The second kappa shape index (κ2) is 8.98. The fraction of sp³-hybridized carbons (Fsp3) is 0.300. The van der Waals surface area contributed by atoms with Gasteiger partial charge >= 0.3 is 0 Å².